The molecule has 0 saturated heterocycles. The highest BCUT2D eigenvalue weighted by molar-refractivity contribution is 7.99. The van der Waals surface area contributed by atoms with Crippen LogP contribution in [0.1, 0.15) is 11.3 Å². The summed E-state index contributed by atoms with van der Waals surface area (Å²) in [5.74, 6) is 0.844. The maximum absolute atomic E-state index is 13.0. The van der Waals surface area contributed by atoms with Crippen LogP contribution in [-0.4, -0.2) is 37.2 Å². The van der Waals surface area contributed by atoms with E-state index < -0.39 is 16.8 Å². The highest BCUT2D eigenvalue weighted by Gasteiger charge is 2.43. The lowest BCUT2D eigenvalue weighted by Crippen LogP contribution is -2.51. The number of hydrogen-bond acceptors (Lipinski definition) is 8. The molecule has 2 N–H and O–H groups in total. The third-order valence-corrected chi connectivity index (χ3v) is 7.91. The summed E-state index contributed by atoms with van der Waals surface area (Å²) in [6.45, 7) is 0. The Morgan fingerprint density at radius 1 is 1.14 bits per heavy atom. The third kappa shape index (κ3) is 5.06. The van der Waals surface area contributed by atoms with Crippen molar-refractivity contribution < 1.29 is 4.79 Å². The van der Waals surface area contributed by atoms with Gasteiger partial charge in [-0.3, -0.25) is 9.79 Å². The number of amides is 1. The van der Waals surface area contributed by atoms with Crippen molar-refractivity contribution in [3.05, 3.63) is 80.1 Å². The van der Waals surface area contributed by atoms with Gasteiger partial charge in [0, 0.05) is 28.7 Å². The number of carbonyl (C=O) groups is 1. The van der Waals surface area contributed by atoms with Crippen LogP contribution in [0.5, 0.6) is 0 Å². The third-order valence-electron chi connectivity index (χ3n) is 5.44. The zero-order valence-corrected chi connectivity index (χ0v) is 22.3. The average Bonchev–Trinajstić information content (AvgIpc) is 3.36. The first-order chi connectivity index (χ1) is 17.8. The summed E-state index contributed by atoms with van der Waals surface area (Å²) in [7, 11) is 0. The fourth-order valence-corrected chi connectivity index (χ4v) is 5.15. The number of hydrogen-bond donors (Lipinski definition) is 2. The van der Waals surface area contributed by atoms with E-state index in [1.807, 2.05) is 0 Å². The number of halogens is 4. The lowest BCUT2D eigenvalue weighted by molar-refractivity contribution is -0.123. The number of benzene rings is 2. The maximum Gasteiger partial charge on any atom is 0.254 e. The molecule has 2 unspecified atom stereocenters. The number of rotatable bonds is 6. The zero-order valence-electron chi connectivity index (χ0n) is 18.5. The van der Waals surface area contributed by atoms with E-state index in [0.717, 1.165) is 0 Å². The van der Waals surface area contributed by atoms with Crippen LogP contribution in [0.4, 0.5) is 11.5 Å². The van der Waals surface area contributed by atoms with E-state index in [1.54, 1.807) is 42.5 Å². The first-order valence-corrected chi connectivity index (χ1v) is 13.1. The molecule has 0 radical (unpaired) electrons. The molecule has 2 aromatic carbocycles. The molecule has 9 nitrogen and oxygen atoms in total. The Balaban J connectivity index is 1.35. The smallest absolute Gasteiger partial charge is 0.254 e. The molecule has 186 valence electrons. The monoisotopic (exact) mass is 590 g/mol. The number of nitriles is 1. The van der Waals surface area contributed by atoms with Crippen molar-refractivity contribution in [1.82, 2.24) is 24.9 Å². The van der Waals surface area contributed by atoms with Gasteiger partial charge in [-0.25, -0.2) is 4.98 Å². The number of aliphatic imine (C=N–C) groups is 1. The minimum absolute atomic E-state index is 0.262. The van der Waals surface area contributed by atoms with E-state index in [1.165, 1.54) is 28.8 Å². The number of nitrogens with zero attached hydrogens (tertiary/aromatic N) is 6. The van der Waals surface area contributed by atoms with Crippen molar-refractivity contribution in [2.24, 2.45) is 4.99 Å². The zero-order chi connectivity index (χ0) is 26.2. The van der Waals surface area contributed by atoms with Crippen LogP contribution in [0.15, 0.2) is 53.8 Å². The van der Waals surface area contributed by atoms with Crippen molar-refractivity contribution in [2.45, 2.75) is 16.7 Å². The molecule has 4 aromatic rings. The van der Waals surface area contributed by atoms with Crippen LogP contribution in [0.3, 0.4) is 0 Å². The molecule has 0 aliphatic carbocycles. The molecule has 1 aliphatic heterocycles. The molecule has 2 atom stereocenters. The Labute approximate surface area is 234 Å². The standard InChI is InChI=1S/C23H14Cl4N8OS/c24-13-3-1-12(2-4-13)23(9-28)10-29-22(34-20(23)36)37-8-15-7-18(35-21(33-15)30-11-31-35)32-14-5-16(25)19(27)17(26)6-14/h1-7,10-11,22,32H,8H2,(H,34,36). The van der Waals surface area contributed by atoms with Gasteiger partial charge in [-0.1, -0.05) is 58.5 Å². The first-order valence-electron chi connectivity index (χ1n) is 10.5. The number of nitrogens with one attached hydrogen (secondary N) is 2. The molecule has 0 fully saturated rings. The first kappa shape index (κ1) is 25.6. The van der Waals surface area contributed by atoms with Crippen LogP contribution in [0, 0.1) is 11.3 Å². The molecule has 0 bridgehead atoms. The summed E-state index contributed by atoms with van der Waals surface area (Å²) in [4.78, 5) is 26.1. The quantitative estimate of drug-likeness (QED) is 0.277. The van der Waals surface area contributed by atoms with Gasteiger partial charge in [0.1, 0.15) is 12.1 Å². The molecule has 0 saturated carbocycles. The Morgan fingerprint density at radius 3 is 2.54 bits per heavy atom. The van der Waals surface area contributed by atoms with Crippen LogP contribution in [-0.2, 0) is 16.0 Å². The Kier molecular flexibility index (Phi) is 7.16. The van der Waals surface area contributed by atoms with Crippen molar-refractivity contribution in [3.8, 4) is 6.07 Å². The Morgan fingerprint density at radius 2 is 1.86 bits per heavy atom. The Bertz CT molecular complexity index is 1560. The SMILES string of the molecule is N#CC1(c2ccc(Cl)cc2)C=NC(SCc2cc(Nc3cc(Cl)c(Cl)c(Cl)c3)n3ncnc3n2)NC1=O. The van der Waals surface area contributed by atoms with E-state index in [2.05, 4.69) is 36.8 Å². The second-order valence-corrected chi connectivity index (χ2v) is 10.5. The van der Waals surface area contributed by atoms with Gasteiger partial charge in [-0.15, -0.1) is 11.8 Å². The van der Waals surface area contributed by atoms with Crippen molar-refractivity contribution in [1.29, 1.82) is 5.26 Å². The Hall–Kier alpha value is -3.07. The summed E-state index contributed by atoms with van der Waals surface area (Å²) >= 11 is 25.6. The lowest BCUT2D eigenvalue weighted by Gasteiger charge is -2.29. The molecule has 2 aromatic heterocycles. The molecular formula is C23H14Cl4N8OS. The van der Waals surface area contributed by atoms with Crippen molar-refractivity contribution in [2.75, 3.05) is 5.32 Å². The second kappa shape index (κ2) is 10.4. The second-order valence-electron chi connectivity index (χ2n) is 7.83. The van der Waals surface area contributed by atoms with Gasteiger partial charge >= 0.3 is 0 Å². The summed E-state index contributed by atoms with van der Waals surface area (Å²) in [5, 5.41) is 21.4. The maximum atomic E-state index is 13.0. The summed E-state index contributed by atoms with van der Waals surface area (Å²) in [6, 6.07) is 13.7. The van der Waals surface area contributed by atoms with Gasteiger partial charge in [-0.05, 0) is 29.8 Å². The fraction of sp³-hybridized carbons (Fsp3) is 0.130. The van der Waals surface area contributed by atoms with Gasteiger partial charge in [0.2, 0.25) is 0 Å². The number of aromatic nitrogens is 4. The van der Waals surface area contributed by atoms with Gasteiger partial charge in [0.15, 0.2) is 10.9 Å². The van der Waals surface area contributed by atoms with Gasteiger partial charge in [-0.2, -0.15) is 19.9 Å². The number of thioether (sulfide) groups is 1. The lowest BCUT2D eigenvalue weighted by atomic mass is 9.81. The van der Waals surface area contributed by atoms with Crippen molar-refractivity contribution >= 4 is 87.6 Å². The van der Waals surface area contributed by atoms with Crippen LogP contribution in [0.2, 0.25) is 20.1 Å². The van der Waals surface area contributed by atoms with E-state index in [-0.39, 0.29) is 5.02 Å². The summed E-state index contributed by atoms with van der Waals surface area (Å²) < 4.78 is 1.53. The topological polar surface area (TPSA) is 120 Å². The highest BCUT2D eigenvalue weighted by atomic mass is 35.5. The van der Waals surface area contributed by atoms with Gasteiger partial charge < -0.3 is 10.6 Å². The summed E-state index contributed by atoms with van der Waals surface area (Å²) in [6.07, 6.45) is 2.76. The van der Waals surface area contributed by atoms with Crippen LogP contribution in [0.25, 0.3) is 5.78 Å². The predicted octanol–water partition coefficient (Wildman–Crippen LogP) is 5.66. The highest BCUT2D eigenvalue weighted by Crippen LogP contribution is 2.34. The number of fused-ring (bicyclic) bond motifs is 1. The molecule has 1 amide bonds. The number of carbonyl (C=O) groups excluding carboxylic acids is 1. The molecule has 14 heteroatoms. The normalized spacial score (nSPS) is 19.0. The molecule has 5 rings (SSSR count). The van der Waals surface area contributed by atoms with E-state index in [0.29, 0.717) is 49.4 Å². The van der Waals surface area contributed by atoms with Crippen molar-refractivity contribution in [3.63, 3.8) is 0 Å². The average molecular weight is 592 g/mol. The van der Waals surface area contributed by atoms with Gasteiger partial charge in [0.05, 0.1) is 26.8 Å². The molecule has 0 spiro atoms. The molecule has 1 aliphatic rings. The minimum Gasteiger partial charge on any atom is -0.340 e. The van der Waals surface area contributed by atoms with Crippen LogP contribution < -0.4 is 10.6 Å². The van der Waals surface area contributed by atoms with E-state index >= 15 is 0 Å². The predicted molar refractivity (Wildman–Crippen MR) is 146 cm³/mol. The van der Waals surface area contributed by atoms with E-state index in [4.69, 9.17) is 46.4 Å². The fourth-order valence-electron chi connectivity index (χ4n) is 3.61. The largest absolute Gasteiger partial charge is 0.340 e. The minimum atomic E-state index is -1.53. The molecular weight excluding hydrogens is 578 g/mol. The van der Waals surface area contributed by atoms with Gasteiger partial charge in [0.25, 0.3) is 11.7 Å². The van der Waals surface area contributed by atoms with E-state index in [9.17, 15) is 10.1 Å². The van der Waals surface area contributed by atoms with Crippen LogP contribution >= 0.6 is 58.2 Å². The molecule has 3 heterocycles. The number of anilines is 2. The summed E-state index contributed by atoms with van der Waals surface area (Å²) in [5.41, 5.74) is -0.402. The molecule has 37 heavy (non-hydrogen) atoms.